The first kappa shape index (κ1) is 17.8. The molecule has 2 amide bonds. The fourth-order valence-corrected chi connectivity index (χ4v) is 1.49. The van der Waals surface area contributed by atoms with Crippen LogP contribution in [-0.4, -0.2) is 45.8 Å². The van der Waals surface area contributed by atoms with Crippen LogP contribution in [0.4, 0.5) is 9.59 Å². The Morgan fingerprint density at radius 3 is 1.29 bits per heavy atom. The first-order valence-electron chi connectivity index (χ1n) is 4.98. The van der Waals surface area contributed by atoms with Crippen LogP contribution in [0.15, 0.2) is 0 Å². The Labute approximate surface area is 98.8 Å². The van der Waals surface area contributed by atoms with Crippen LogP contribution in [0.2, 0.25) is 0 Å². The maximum Gasteiger partial charge on any atom is 0.402 e. The zero-order valence-electron chi connectivity index (χ0n) is 9.50. The van der Waals surface area contributed by atoms with E-state index in [4.69, 9.17) is 30.0 Å². The molecule has 0 aliphatic heterocycles. The van der Waals surface area contributed by atoms with Crippen molar-refractivity contribution >= 4 is 12.2 Å². The Morgan fingerprint density at radius 2 is 1.18 bits per heavy atom. The summed E-state index contributed by atoms with van der Waals surface area (Å²) in [6.07, 6.45) is 1.67. The fourth-order valence-electron chi connectivity index (χ4n) is 1.49. The molecule has 8 heteroatoms. The Balaban J connectivity index is 0. The van der Waals surface area contributed by atoms with Crippen molar-refractivity contribution in [3.63, 3.8) is 0 Å². The number of primary amides is 2. The van der Waals surface area contributed by atoms with Gasteiger partial charge in [0, 0.05) is 5.41 Å². The van der Waals surface area contributed by atoms with E-state index in [2.05, 4.69) is 11.5 Å². The molecule has 0 aromatic carbocycles. The number of nitrogens with two attached hydrogens (primary N) is 2. The molecule has 8 N–H and O–H groups in total. The lowest BCUT2D eigenvalue weighted by atomic mass is 9.89. The minimum atomic E-state index is -1.33. The Morgan fingerprint density at radius 1 is 0.941 bits per heavy atom. The topological polar surface area (TPSA) is 167 Å². The van der Waals surface area contributed by atoms with Crippen molar-refractivity contribution in [1.82, 2.24) is 0 Å². The molecule has 0 aromatic rings. The van der Waals surface area contributed by atoms with Crippen molar-refractivity contribution in [3.05, 3.63) is 0 Å². The SMILES string of the molecule is NC(=O)O.NC(=O)O.OCC1(CO)CCCC1. The molecule has 0 bridgehead atoms. The van der Waals surface area contributed by atoms with E-state index in [1.807, 2.05) is 0 Å². The van der Waals surface area contributed by atoms with Crippen LogP contribution in [0.3, 0.4) is 0 Å². The largest absolute Gasteiger partial charge is 0.465 e. The van der Waals surface area contributed by atoms with Gasteiger partial charge in [-0.2, -0.15) is 0 Å². The summed E-state index contributed by atoms with van der Waals surface area (Å²) in [5.74, 6) is 0. The molecule has 0 heterocycles. The molecule has 8 nitrogen and oxygen atoms in total. The van der Waals surface area contributed by atoms with E-state index in [1.54, 1.807) is 0 Å². The van der Waals surface area contributed by atoms with E-state index in [1.165, 1.54) is 12.8 Å². The van der Waals surface area contributed by atoms with Gasteiger partial charge in [-0.15, -0.1) is 0 Å². The van der Waals surface area contributed by atoms with Crippen LogP contribution in [-0.2, 0) is 0 Å². The van der Waals surface area contributed by atoms with Gasteiger partial charge in [0.2, 0.25) is 0 Å². The highest BCUT2D eigenvalue weighted by Gasteiger charge is 2.31. The number of aliphatic hydroxyl groups is 2. The van der Waals surface area contributed by atoms with E-state index in [-0.39, 0.29) is 18.6 Å². The average Bonchev–Trinajstić information content (AvgIpc) is 2.65. The van der Waals surface area contributed by atoms with Gasteiger partial charge in [0.25, 0.3) is 0 Å². The third kappa shape index (κ3) is 12.4. The second kappa shape index (κ2) is 9.67. The van der Waals surface area contributed by atoms with E-state index >= 15 is 0 Å². The van der Waals surface area contributed by atoms with Crippen LogP contribution in [0.1, 0.15) is 25.7 Å². The number of carbonyl (C=O) groups is 2. The molecule has 1 aliphatic rings. The fraction of sp³-hybridized carbons (Fsp3) is 0.778. The molecule has 17 heavy (non-hydrogen) atoms. The van der Waals surface area contributed by atoms with Gasteiger partial charge in [0.1, 0.15) is 0 Å². The summed E-state index contributed by atoms with van der Waals surface area (Å²) < 4.78 is 0. The summed E-state index contributed by atoms with van der Waals surface area (Å²) in [7, 11) is 0. The molecular weight excluding hydrogens is 232 g/mol. The second-order valence-electron chi connectivity index (χ2n) is 3.70. The average molecular weight is 252 g/mol. The first-order chi connectivity index (χ1) is 7.79. The van der Waals surface area contributed by atoms with Gasteiger partial charge in [0.15, 0.2) is 0 Å². The van der Waals surface area contributed by atoms with Gasteiger partial charge >= 0.3 is 12.2 Å². The lowest BCUT2D eigenvalue weighted by molar-refractivity contribution is 0.0606. The molecule has 0 saturated heterocycles. The van der Waals surface area contributed by atoms with Gasteiger partial charge in [-0.3, -0.25) is 0 Å². The van der Waals surface area contributed by atoms with Crippen molar-refractivity contribution in [2.24, 2.45) is 16.9 Å². The lowest BCUT2D eigenvalue weighted by Crippen LogP contribution is -2.25. The maximum absolute atomic E-state index is 8.86. The molecule has 0 aromatic heterocycles. The number of amides is 2. The lowest BCUT2D eigenvalue weighted by Gasteiger charge is -2.22. The van der Waals surface area contributed by atoms with Crippen molar-refractivity contribution in [1.29, 1.82) is 0 Å². The minimum Gasteiger partial charge on any atom is -0.465 e. The van der Waals surface area contributed by atoms with Crippen molar-refractivity contribution in [3.8, 4) is 0 Å². The van der Waals surface area contributed by atoms with E-state index in [9.17, 15) is 0 Å². The van der Waals surface area contributed by atoms with Gasteiger partial charge in [0.05, 0.1) is 13.2 Å². The number of aliphatic hydroxyl groups excluding tert-OH is 2. The normalized spacial score (nSPS) is 15.9. The summed E-state index contributed by atoms with van der Waals surface area (Å²) >= 11 is 0. The summed E-state index contributed by atoms with van der Waals surface area (Å²) in [5.41, 5.74) is 7.94. The second-order valence-corrected chi connectivity index (χ2v) is 3.70. The predicted molar refractivity (Wildman–Crippen MR) is 59.5 cm³/mol. The third-order valence-corrected chi connectivity index (χ3v) is 2.34. The highest BCUT2D eigenvalue weighted by atomic mass is 16.4. The standard InChI is InChI=1S/C7H14O2.2CH3NO2/c8-5-7(6-9)3-1-2-4-7;2*2-1(3)4/h8-9H,1-6H2;2*2H2,(H,3,4). The van der Waals surface area contributed by atoms with Crippen LogP contribution < -0.4 is 11.5 Å². The summed E-state index contributed by atoms with van der Waals surface area (Å²) in [6.45, 7) is 0.312. The zero-order valence-corrected chi connectivity index (χ0v) is 9.50. The molecule has 1 rings (SSSR count). The molecule has 0 spiro atoms. The molecule has 0 atom stereocenters. The van der Waals surface area contributed by atoms with Crippen LogP contribution in [0.5, 0.6) is 0 Å². The Kier molecular flexibility index (Phi) is 10.1. The molecule has 0 unspecified atom stereocenters. The number of hydrogen-bond acceptors (Lipinski definition) is 4. The van der Waals surface area contributed by atoms with Crippen LogP contribution >= 0.6 is 0 Å². The Bertz CT molecular complexity index is 202. The summed E-state index contributed by atoms with van der Waals surface area (Å²) in [6, 6.07) is 0. The minimum absolute atomic E-state index is 0.111. The van der Waals surface area contributed by atoms with Crippen molar-refractivity contribution in [2.45, 2.75) is 25.7 Å². The highest BCUT2D eigenvalue weighted by molar-refractivity contribution is 5.61. The Hall–Kier alpha value is -1.54. The zero-order chi connectivity index (χ0) is 13.9. The van der Waals surface area contributed by atoms with Crippen LogP contribution in [0, 0.1) is 5.41 Å². The molecule has 1 fully saturated rings. The molecule has 1 aliphatic carbocycles. The molecule has 102 valence electrons. The van der Waals surface area contributed by atoms with Crippen molar-refractivity contribution < 1.29 is 30.0 Å². The van der Waals surface area contributed by atoms with Crippen LogP contribution in [0.25, 0.3) is 0 Å². The van der Waals surface area contributed by atoms with Gasteiger partial charge in [-0.1, -0.05) is 12.8 Å². The summed E-state index contributed by atoms with van der Waals surface area (Å²) in [5, 5.41) is 32.1. The van der Waals surface area contributed by atoms with E-state index < -0.39 is 12.2 Å². The smallest absolute Gasteiger partial charge is 0.402 e. The number of hydrogen-bond donors (Lipinski definition) is 6. The molecular formula is C9H20N2O6. The van der Waals surface area contributed by atoms with Crippen molar-refractivity contribution in [2.75, 3.05) is 13.2 Å². The summed E-state index contributed by atoms with van der Waals surface area (Å²) in [4.78, 5) is 17.6. The van der Waals surface area contributed by atoms with E-state index in [0.717, 1.165) is 12.8 Å². The van der Waals surface area contributed by atoms with Gasteiger partial charge in [-0.25, -0.2) is 9.59 Å². The maximum atomic E-state index is 8.86. The van der Waals surface area contributed by atoms with Gasteiger partial charge < -0.3 is 31.9 Å². The van der Waals surface area contributed by atoms with Gasteiger partial charge in [-0.05, 0) is 12.8 Å². The first-order valence-corrected chi connectivity index (χ1v) is 4.98. The highest BCUT2D eigenvalue weighted by Crippen LogP contribution is 2.36. The predicted octanol–water partition coefficient (Wildman–Crippen LogP) is -0.222. The molecule has 0 radical (unpaired) electrons. The number of rotatable bonds is 2. The van der Waals surface area contributed by atoms with E-state index in [0.29, 0.717) is 0 Å². The molecule has 1 saturated carbocycles. The number of carboxylic acid groups (broad SMARTS) is 2. The monoisotopic (exact) mass is 252 g/mol. The quantitative estimate of drug-likeness (QED) is 0.397. The third-order valence-electron chi connectivity index (χ3n) is 2.34.